The van der Waals surface area contributed by atoms with E-state index in [2.05, 4.69) is 10.3 Å². The summed E-state index contributed by atoms with van der Waals surface area (Å²) in [5.74, 6) is -0.769. The van der Waals surface area contributed by atoms with Crippen molar-refractivity contribution in [2.24, 2.45) is 0 Å². The predicted octanol–water partition coefficient (Wildman–Crippen LogP) is 4.95. The minimum absolute atomic E-state index is 0.0485. The molecule has 2 aromatic carbocycles. The van der Waals surface area contributed by atoms with E-state index in [0.717, 1.165) is 4.90 Å². The van der Waals surface area contributed by atoms with Crippen molar-refractivity contribution in [3.63, 3.8) is 0 Å². The van der Waals surface area contributed by atoms with Gasteiger partial charge in [-0.05, 0) is 55.6 Å². The Balaban J connectivity index is 1.75. The van der Waals surface area contributed by atoms with E-state index in [-0.39, 0.29) is 23.4 Å². The molecule has 0 atom stereocenters. The van der Waals surface area contributed by atoms with Crippen LogP contribution >= 0.6 is 23.4 Å². The number of rotatable bonds is 6. The Bertz CT molecular complexity index is 1450. The van der Waals surface area contributed by atoms with Crippen LogP contribution in [-0.2, 0) is 11.3 Å². The van der Waals surface area contributed by atoms with E-state index in [1.807, 2.05) is 24.5 Å². The number of aryl methyl sites for hydroxylation is 1. The Kier molecular flexibility index (Phi) is 6.62. The lowest BCUT2D eigenvalue weighted by Crippen LogP contribution is -2.25. The molecule has 2 aromatic heterocycles. The van der Waals surface area contributed by atoms with Gasteiger partial charge in [0.2, 0.25) is 11.3 Å². The number of anilines is 1. The molecule has 33 heavy (non-hydrogen) atoms. The first-order valence-corrected chi connectivity index (χ1v) is 11.7. The van der Waals surface area contributed by atoms with Gasteiger partial charge in [0.1, 0.15) is 12.2 Å². The van der Waals surface area contributed by atoms with Crippen molar-refractivity contribution in [3.8, 4) is 0 Å². The van der Waals surface area contributed by atoms with E-state index in [0.29, 0.717) is 27.6 Å². The first kappa shape index (κ1) is 22.8. The van der Waals surface area contributed by atoms with Crippen molar-refractivity contribution >= 4 is 51.8 Å². The fraction of sp³-hybridized carbons (Fsp3) is 0.120. The van der Waals surface area contributed by atoms with E-state index in [9.17, 15) is 14.4 Å². The van der Waals surface area contributed by atoms with Crippen LogP contribution in [0.25, 0.3) is 11.0 Å². The van der Waals surface area contributed by atoms with Crippen LogP contribution in [0.3, 0.4) is 0 Å². The van der Waals surface area contributed by atoms with Gasteiger partial charge < -0.3 is 9.88 Å². The molecule has 6 nitrogen and oxygen atoms in total. The van der Waals surface area contributed by atoms with Crippen molar-refractivity contribution in [3.05, 3.63) is 98.9 Å². The molecule has 1 amide bonds. The molecule has 166 valence electrons. The Hall–Kier alpha value is -3.42. The highest BCUT2D eigenvalue weighted by Gasteiger charge is 2.19. The summed E-state index contributed by atoms with van der Waals surface area (Å²) in [5, 5.41) is 3.53. The SMILES string of the molecule is CSc1cccc(NC(=O)Cn2cc(C(=O)c3cccc(Cl)c3)c(=O)c3ccc(C)nc32)c1. The number of nitrogens with one attached hydrogen (secondary N) is 1. The number of amides is 1. The quantitative estimate of drug-likeness (QED) is 0.314. The van der Waals surface area contributed by atoms with Crippen LogP contribution in [0.1, 0.15) is 21.6 Å². The van der Waals surface area contributed by atoms with Crippen LogP contribution in [0.5, 0.6) is 0 Å². The topological polar surface area (TPSA) is 81.1 Å². The number of carbonyl (C=O) groups is 2. The average molecular weight is 478 g/mol. The van der Waals surface area contributed by atoms with Gasteiger partial charge in [0, 0.05) is 33.1 Å². The number of nitrogens with zero attached hydrogens (tertiary/aromatic N) is 2. The summed E-state index contributed by atoms with van der Waals surface area (Å²) in [5.41, 5.74) is 1.51. The second kappa shape index (κ2) is 9.60. The number of fused-ring (bicyclic) bond motifs is 1. The van der Waals surface area contributed by atoms with E-state index in [4.69, 9.17) is 11.6 Å². The van der Waals surface area contributed by atoms with Gasteiger partial charge in [-0.1, -0.05) is 29.8 Å². The lowest BCUT2D eigenvalue weighted by molar-refractivity contribution is -0.116. The summed E-state index contributed by atoms with van der Waals surface area (Å²) in [6.45, 7) is 1.68. The maximum atomic E-state index is 13.1. The first-order chi connectivity index (χ1) is 15.9. The number of thioether (sulfide) groups is 1. The van der Waals surface area contributed by atoms with Gasteiger partial charge in [-0.25, -0.2) is 4.98 Å². The van der Waals surface area contributed by atoms with Crippen LogP contribution in [0.4, 0.5) is 5.69 Å². The molecule has 0 bridgehead atoms. The van der Waals surface area contributed by atoms with Gasteiger partial charge in [-0.3, -0.25) is 14.4 Å². The molecular formula is C25H20ClN3O3S. The molecule has 0 aliphatic heterocycles. The van der Waals surface area contributed by atoms with Gasteiger partial charge in [-0.2, -0.15) is 0 Å². The lowest BCUT2D eigenvalue weighted by Gasteiger charge is -2.13. The van der Waals surface area contributed by atoms with Crippen molar-refractivity contribution in [2.75, 3.05) is 11.6 Å². The average Bonchev–Trinajstić information content (AvgIpc) is 2.80. The molecule has 0 saturated heterocycles. The Labute approximate surface area is 199 Å². The van der Waals surface area contributed by atoms with Gasteiger partial charge in [0.05, 0.1) is 10.9 Å². The molecule has 4 aromatic rings. The van der Waals surface area contributed by atoms with E-state index >= 15 is 0 Å². The molecular weight excluding hydrogens is 458 g/mol. The highest BCUT2D eigenvalue weighted by molar-refractivity contribution is 7.98. The number of halogens is 1. The molecule has 0 radical (unpaired) electrons. The fourth-order valence-corrected chi connectivity index (χ4v) is 4.13. The van der Waals surface area contributed by atoms with Crippen LogP contribution < -0.4 is 10.7 Å². The number of carbonyl (C=O) groups excluding carboxylic acids is 2. The zero-order valence-electron chi connectivity index (χ0n) is 18.0. The third-order valence-corrected chi connectivity index (χ3v) is 6.02. The zero-order valence-corrected chi connectivity index (χ0v) is 19.5. The molecule has 0 fully saturated rings. The number of ketones is 1. The predicted molar refractivity (Wildman–Crippen MR) is 132 cm³/mol. The number of hydrogen-bond donors (Lipinski definition) is 1. The molecule has 0 aliphatic carbocycles. The fourth-order valence-electron chi connectivity index (χ4n) is 3.48. The highest BCUT2D eigenvalue weighted by Crippen LogP contribution is 2.20. The van der Waals surface area contributed by atoms with E-state index in [1.54, 1.807) is 55.1 Å². The molecule has 4 rings (SSSR count). The first-order valence-electron chi connectivity index (χ1n) is 10.1. The zero-order chi connectivity index (χ0) is 23.5. The molecule has 8 heteroatoms. The summed E-state index contributed by atoms with van der Waals surface area (Å²) in [6, 6.07) is 17.2. The Morgan fingerprint density at radius 2 is 1.88 bits per heavy atom. The summed E-state index contributed by atoms with van der Waals surface area (Å²) >= 11 is 7.60. The third-order valence-electron chi connectivity index (χ3n) is 5.06. The summed E-state index contributed by atoms with van der Waals surface area (Å²) < 4.78 is 1.54. The minimum atomic E-state index is -0.466. The van der Waals surface area contributed by atoms with Crippen LogP contribution in [0.2, 0.25) is 5.02 Å². The number of hydrogen-bond acceptors (Lipinski definition) is 5. The summed E-state index contributed by atoms with van der Waals surface area (Å²) in [4.78, 5) is 44.6. The van der Waals surface area contributed by atoms with E-state index in [1.165, 1.54) is 16.8 Å². The van der Waals surface area contributed by atoms with Crippen LogP contribution in [0, 0.1) is 6.92 Å². The van der Waals surface area contributed by atoms with Crippen LogP contribution in [0.15, 0.2) is 76.6 Å². The van der Waals surface area contributed by atoms with E-state index < -0.39 is 11.2 Å². The van der Waals surface area contributed by atoms with Crippen LogP contribution in [-0.4, -0.2) is 27.5 Å². The van der Waals surface area contributed by atoms with Crippen molar-refractivity contribution in [2.45, 2.75) is 18.4 Å². The molecule has 1 N–H and O–H groups in total. The standard InChI is InChI=1S/C25H20ClN3O3S/c1-15-9-10-20-24(32)21(23(31)16-5-3-6-17(26)11-16)13-29(25(20)27-15)14-22(30)28-18-7-4-8-19(12-18)33-2/h3-13H,14H2,1-2H3,(H,28,30). The number of pyridine rings is 2. The summed E-state index contributed by atoms with van der Waals surface area (Å²) in [7, 11) is 0. The highest BCUT2D eigenvalue weighted by atomic mass is 35.5. The van der Waals surface area contributed by atoms with Crippen molar-refractivity contribution in [1.29, 1.82) is 0 Å². The second-order valence-corrected chi connectivity index (χ2v) is 8.76. The van der Waals surface area contributed by atoms with Gasteiger partial charge >= 0.3 is 0 Å². The van der Waals surface area contributed by atoms with Crippen molar-refractivity contribution < 1.29 is 9.59 Å². The maximum Gasteiger partial charge on any atom is 0.244 e. The molecule has 0 unspecified atom stereocenters. The molecule has 2 heterocycles. The Morgan fingerprint density at radius 1 is 1.09 bits per heavy atom. The largest absolute Gasteiger partial charge is 0.324 e. The monoisotopic (exact) mass is 477 g/mol. The minimum Gasteiger partial charge on any atom is -0.324 e. The Morgan fingerprint density at radius 3 is 2.64 bits per heavy atom. The van der Waals surface area contributed by atoms with Gasteiger partial charge in [0.25, 0.3) is 0 Å². The lowest BCUT2D eigenvalue weighted by atomic mass is 10.0. The molecule has 0 aliphatic rings. The van der Waals surface area contributed by atoms with Gasteiger partial charge in [0.15, 0.2) is 5.78 Å². The third kappa shape index (κ3) is 4.99. The number of benzene rings is 2. The molecule has 0 spiro atoms. The second-order valence-electron chi connectivity index (χ2n) is 7.44. The normalized spacial score (nSPS) is 10.9. The summed E-state index contributed by atoms with van der Waals surface area (Å²) in [6.07, 6.45) is 3.36. The maximum absolute atomic E-state index is 13.1. The molecule has 0 saturated carbocycles. The number of aromatic nitrogens is 2. The van der Waals surface area contributed by atoms with Gasteiger partial charge in [-0.15, -0.1) is 11.8 Å². The van der Waals surface area contributed by atoms with Crippen molar-refractivity contribution in [1.82, 2.24) is 9.55 Å². The smallest absolute Gasteiger partial charge is 0.244 e.